The lowest BCUT2D eigenvalue weighted by Crippen LogP contribution is -2.32. The number of benzene rings is 1. The number of aromatic nitrogens is 1. The van der Waals surface area contributed by atoms with Gasteiger partial charge in [-0.15, -0.1) is 0 Å². The van der Waals surface area contributed by atoms with Crippen molar-refractivity contribution in [1.29, 1.82) is 0 Å². The van der Waals surface area contributed by atoms with Gasteiger partial charge in [0.15, 0.2) is 0 Å². The highest BCUT2D eigenvalue weighted by atomic mass is 35.5. The number of hydrogen-bond acceptors (Lipinski definition) is 3. The third-order valence-electron chi connectivity index (χ3n) is 2.28. The summed E-state index contributed by atoms with van der Waals surface area (Å²) in [6, 6.07) is 4.61. The molecule has 16 heavy (non-hydrogen) atoms. The van der Waals surface area contributed by atoms with E-state index in [2.05, 4.69) is 0 Å². The Morgan fingerprint density at radius 3 is 2.81 bits per heavy atom. The summed E-state index contributed by atoms with van der Waals surface area (Å²) in [7, 11) is 0. The highest BCUT2D eigenvalue weighted by molar-refractivity contribution is 6.31. The molecule has 1 heterocycles. The van der Waals surface area contributed by atoms with Gasteiger partial charge in [-0.25, -0.2) is 9.36 Å². The number of fused-ring (bicyclic) bond motifs is 1. The van der Waals surface area contributed by atoms with Gasteiger partial charge in [-0.1, -0.05) is 18.5 Å². The summed E-state index contributed by atoms with van der Waals surface area (Å²) in [6.45, 7) is 2.23. The minimum Gasteiger partial charge on any atom is -0.409 e. The van der Waals surface area contributed by atoms with E-state index in [9.17, 15) is 9.59 Å². The van der Waals surface area contributed by atoms with Crippen LogP contribution in [0.25, 0.3) is 11.0 Å². The second-order valence-electron chi connectivity index (χ2n) is 3.47. The SMILES string of the molecule is CCCn1c(=O)oc2ccc(Cl)cc2c1=O. The molecular weight excluding hydrogens is 230 g/mol. The molecular formula is C11H10ClNO3. The average Bonchev–Trinajstić information content (AvgIpc) is 2.26. The summed E-state index contributed by atoms with van der Waals surface area (Å²) in [6.07, 6.45) is 0.691. The largest absolute Gasteiger partial charge is 0.422 e. The number of nitrogens with zero attached hydrogens (tertiary/aromatic N) is 1. The molecule has 2 rings (SSSR count). The van der Waals surface area contributed by atoms with Gasteiger partial charge in [0.25, 0.3) is 5.56 Å². The summed E-state index contributed by atoms with van der Waals surface area (Å²) in [5.41, 5.74) is -0.0812. The molecule has 0 aliphatic carbocycles. The van der Waals surface area contributed by atoms with Crippen molar-refractivity contribution < 1.29 is 4.42 Å². The molecule has 0 unspecified atom stereocenters. The Morgan fingerprint density at radius 2 is 2.12 bits per heavy atom. The number of halogens is 1. The number of rotatable bonds is 2. The summed E-state index contributed by atoms with van der Waals surface area (Å²) >= 11 is 5.79. The van der Waals surface area contributed by atoms with Crippen molar-refractivity contribution in [2.24, 2.45) is 0 Å². The van der Waals surface area contributed by atoms with Gasteiger partial charge in [0.05, 0.1) is 5.39 Å². The van der Waals surface area contributed by atoms with Crippen LogP contribution in [-0.4, -0.2) is 4.57 Å². The van der Waals surface area contributed by atoms with Crippen LogP contribution in [0.4, 0.5) is 0 Å². The Labute approximate surface area is 96.1 Å². The van der Waals surface area contributed by atoms with Gasteiger partial charge in [0.1, 0.15) is 5.58 Å². The quantitative estimate of drug-likeness (QED) is 0.806. The van der Waals surface area contributed by atoms with E-state index in [1.165, 1.54) is 12.1 Å². The van der Waals surface area contributed by atoms with Crippen molar-refractivity contribution >= 4 is 22.6 Å². The summed E-state index contributed by atoms with van der Waals surface area (Å²) in [4.78, 5) is 23.4. The van der Waals surface area contributed by atoms with Crippen LogP contribution in [0.2, 0.25) is 5.02 Å². The zero-order chi connectivity index (χ0) is 11.7. The second-order valence-corrected chi connectivity index (χ2v) is 3.90. The predicted octanol–water partition coefficient (Wildman–Crippen LogP) is 2.02. The molecule has 0 saturated carbocycles. The summed E-state index contributed by atoms with van der Waals surface area (Å²) < 4.78 is 6.11. The summed E-state index contributed by atoms with van der Waals surface area (Å²) in [5.74, 6) is -0.623. The molecule has 1 aromatic carbocycles. The fraction of sp³-hybridized carbons (Fsp3) is 0.273. The van der Waals surface area contributed by atoms with Crippen LogP contribution in [0.15, 0.2) is 32.2 Å². The van der Waals surface area contributed by atoms with Gasteiger partial charge in [-0.05, 0) is 24.6 Å². The average molecular weight is 240 g/mol. The smallest absolute Gasteiger partial charge is 0.409 e. The first-order valence-electron chi connectivity index (χ1n) is 4.96. The van der Waals surface area contributed by atoms with E-state index < -0.39 is 5.76 Å². The predicted molar refractivity (Wildman–Crippen MR) is 62.0 cm³/mol. The Bertz CT molecular complexity index is 642. The lowest BCUT2D eigenvalue weighted by molar-refractivity contribution is 0.453. The maximum atomic E-state index is 11.9. The van der Waals surface area contributed by atoms with E-state index in [-0.39, 0.29) is 11.1 Å². The minimum absolute atomic E-state index is 0.270. The molecule has 5 heteroatoms. The maximum Gasteiger partial charge on any atom is 0.422 e. The third-order valence-corrected chi connectivity index (χ3v) is 2.52. The summed E-state index contributed by atoms with van der Waals surface area (Å²) in [5, 5.41) is 0.780. The Hall–Kier alpha value is -1.55. The van der Waals surface area contributed by atoms with Crippen LogP contribution in [0.5, 0.6) is 0 Å². The molecule has 84 valence electrons. The van der Waals surface area contributed by atoms with E-state index >= 15 is 0 Å². The zero-order valence-electron chi connectivity index (χ0n) is 8.70. The Morgan fingerprint density at radius 1 is 1.38 bits per heavy atom. The van der Waals surface area contributed by atoms with Gasteiger partial charge in [0, 0.05) is 11.6 Å². The molecule has 1 aromatic heterocycles. The molecule has 2 aromatic rings. The fourth-order valence-electron chi connectivity index (χ4n) is 1.55. The van der Waals surface area contributed by atoms with Gasteiger partial charge < -0.3 is 4.42 Å². The van der Waals surface area contributed by atoms with E-state index in [4.69, 9.17) is 16.0 Å². The fourth-order valence-corrected chi connectivity index (χ4v) is 1.72. The maximum absolute atomic E-state index is 11.9. The topological polar surface area (TPSA) is 52.2 Å². The van der Waals surface area contributed by atoms with Crippen LogP contribution >= 0.6 is 11.6 Å². The van der Waals surface area contributed by atoms with Crippen LogP contribution in [-0.2, 0) is 6.54 Å². The van der Waals surface area contributed by atoms with Gasteiger partial charge in [-0.3, -0.25) is 4.79 Å². The molecule has 0 aliphatic heterocycles. The molecule has 0 amide bonds. The molecule has 0 spiro atoms. The minimum atomic E-state index is -0.623. The van der Waals surface area contributed by atoms with Crippen molar-refractivity contribution in [3.63, 3.8) is 0 Å². The molecule has 0 fully saturated rings. The third kappa shape index (κ3) is 1.76. The normalized spacial score (nSPS) is 10.9. The monoisotopic (exact) mass is 239 g/mol. The van der Waals surface area contributed by atoms with Crippen molar-refractivity contribution in [1.82, 2.24) is 4.57 Å². The highest BCUT2D eigenvalue weighted by Crippen LogP contribution is 2.14. The molecule has 0 aliphatic rings. The first-order chi connectivity index (χ1) is 7.63. The second kappa shape index (κ2) is 4.14. The van der Waals surface area contributed by atoms with Crippen molar-refractivity contribution in [2.75, 3.05) is 0 Å². The van der Waals surface area contributed by atoms with Crippen LogP contribution in [0.1, 0.15) is 13.3 Å². The molecule has 0 N–H and O–H groups in total. The van der Waals surface area contributed by atoms with E-state index in [1.54, 1.807) is 6.07 Å². The van der Waals surface area contributed by atoms with Crippen molar-refractivity contribution in [3.8, 4) is 0 Å². The van der Waals surface area contributed by atoms with Crippen LogP contribution in [0, 0.1) is 0 Å². The zero-order valence-corrected chi connectivity index (χ0v) is 9.45. The van der Waals surface area contributed by atoms with Crippen molar-refractivity contribution in [3.05, 3.63) is 44.1 Å². The standard InChI is InChI=1S/C11H10ClNO3/c1-2-5-13-10(14)8-6-7(12)3-4-9(8)16-11(13)15/h3-4,6H,2,5H2,1H3. The van der Waals surface area contributed by atoms with Crippen LogP contribution in [0.3, 0.4) is 0 Å². The van der Waals surface area contributed by atoms with E-state index in [1.807, 2.05) is 6.92 Å². The van der Waals surface area contributed by atoms with E-state index in [0.29, 0.717) is 23.4 Å². The first-order valence-corrected chi connectivity index (χ1v) is 5.34. The number of hydrogen-bond donors (Lipinski definition) is 0. The molecule has 0 bridgehead atoms. The molecule has 0 radical (unpaired) electrons. The lowest BCUT2D eigenvalue weighted by Gasteiger charge is -2.03. The van der Waals surface area contributed by atoms with E-state index in [0.717, 1.165) is 4.57 Å². The van der Waals surface area contributed by atoms with Gasteiger partial charge in [0.2, 0.25) is 0 Å². The first kappa shape index (κ1) is 11.0. The lowest BCUT2D eigenvalue weighted by atomic mass is 10.2. The Kier molecular flexibility index (Phi) is 2.83. The van der Waals surface area contributed by atoms with Crippen LogP contribution < -0.4 is 11.3 Å². The molecule has 0 saturated heterocycles. The van der Waals surface area contributed by atoms with Gasteiger partial charge in [-0.2, -0.15) is 0 Å². The van der Waals surface area contributed by atoms with Gasteiger partial charge >= 0.3 is 5.76 Å². The van der Waals surface area contributed by atoms with Crippen molar-refractivity contribution in [2.45, 2.75) is 19.9 Å². The molecule has 0 atom stereocenters. The highest BCUT2D eigenvalue weighted by Gasteiger charge is 2.08. The molecule has 4 nitrogen and oxygen atoms in total. The Balaban J connectivity index is 2.85.